The molecule has 0 spiro atoms. The molecule has 0 radical (unpaired) electrons. The van der Waals surface area contributed by atoms with E-state index >= 15 is 0 Å². The number of piperidine rings is 1. The molecule has 2 amide bonds. The van der Waals surface area contributed by atoms with Crippen molar-refractivity contribution in [2.45, 2.75) is 32.4 Å². The molecule has 1 fully saturated rings. The molecule has 0 aliphatic carbocycles. The minimum absolute atomic E-state index is 0.119. The number of aliphatic hydroxyl groups is 1. The first-order valence-corrected chi connectivity index (χ1v) is 6.90. The molecule has 1 atom stereocenters. The third-order valence-corrected chi connectivity index (χ3v) is 3.77. The van der Waals surface area contributed by atoms with Gasteiger partial charge in [-0.05, 0) is 37.0 Å². The molecule has 1 saturated heterocycles. The van der Waals surface area contributed by atoms with Gasteiger partial charge in [0, 0.05) is 24.7 Å². The molecule has 1 aromatic carbocycles. The number of urea groups is 1. The molecule has 19 heavy (non-hydrogen) atoms. The summed E-state index contributed by atoms with van der Waals surface area (Å²) < 4.78 is 0. The molecule has 0 aromatic heterocycles. The molecule has 104 valence electrons. The number of β-amino-alcohol motifs (C(OH)–C–C–N with tert-alkyl or cyclic N) is 1. The lowest BCUT2D eigenvalue weighted by Gasteiger charge is -2.30. The number of benzene rings is 1. The Balaban J connectivity index is 1.87. The maximum absolute atomic E-state index is 11.9. The lowest BCUT2D eigenvalue weighted by atomic mass is 10.1. The van der Waals surface area contributed by atoms with Crippen LogP contribution in [0.4, 0.5) is 4.79 Å². The van der Waals surface area contributed by atoms with Crippen LogP contribution in [0.1, 0.15) is 24.0 Å². The van der Waals surface area contributed by atoms with Gasteiger partial charge in [0.2, 0.25) is 0 Å². The van der Waals surface area contributed by atoms with Crippen LogP contribution in [0.25, 0.3) is 0 Å². The minimum Gasteiger partial charge on any atom is -0.391 e. The van der Waals surface area contributed by atoms with Gasteiger partial charge in [0.1, 0.15) is 0 Å². The van der Waals surface area contributed by atoms with E-state index in [4.69, 9.17) is 11.6 Å². The van der Waals surface area contributed by atoms with Crippen molar-refractivity contribution < 1.29 is 9.90 Å². The summed E-state index contributed by atoms with van der Waals surface area (Å²) in [5.74, 6) is 0. The third-order valence-electron chi connectivity index (χ3n) is 3.35. The number of aryl methyl sites for hydroxylation is 1. The summed E-state index contributed by atoms with van der Waals surface area (Å²) in [6, 6.07) is 5.59. The lowest BCUT2D eigenvalue weighted by molar-refractivity contribution is 0.0842. The van der Waals surface area contributed by atoms with Crippen molar-refractivity contribution in [2.24, 2.45) is 0 Å². The van der Waals surface area contributed by atoms with E-state index in [2.05, 4.69) is 5.32 Å². The standard InChI is InChI=1S/C14H19ClN2O2/c1-10-7-11(4-5-13(10)15)8-16-14(19)17-6-2-3-12(18)9-17/h4-5,7,12,18H,2-3,6,8-9H2,1H3,(H,16,19)/t12-/m0/s1. The molecule has 2 rings (SSSR count). The Hall–Kier alpha value is -1.26. The maximum atomic E-state index is 11.9. The number of halogens is 1. The highest BCUT2D eigenvalue weighted by Gasteiger charge is 2.21. The fourth-order valence-electron chi connectivity index (χ4n) is 2.25. The summed E-state index contributed by atoms with van der Waals surface area (Å²) in [6.45, 7) is 3.55. The van der Waals surface area contributed by atoms with Crippen LogP contribution in [0, 0.1) is 6.92 Å². The van der Waals surface area contributed by atoms with Gasteiger partial charge in [-0.2, -0.15) is 0 Å². The molecule has 1 aliphatic heterocycles. The van der Waals surface area contributed by atoms with Gasteiger partial charge in [0.25, 0.3) is 0 Å². The number of amides is 2. The van der Waals surface area contributed by atoms with Gasteiger partial charge in [-0.1, -0.05) is 23.7 Å². The Morgan fingerprint density at radius 2 is 2.37 bits per heavy atom. The molecular weight excluding hydrogens is 264 g/mol. The monoisotopic (exact) mass is 282 g/mol. The van der Waals surface area contributed by atoms with Gasteiger partial charge in [-0.25, -0.2) is 4.79 Å². The SMILES string of the molecule is Cc1cc(CNC(=O)N2CCC[C@H](O)C2)ccc1Cl. The average molecular weight is 283 g/mol. The molecule has 0 bridgehead atoms. The topological polar surface area (TPSA) is 52.6 Å². The van der Waals surface area contributed by atoms with E-state index in [0.29, 0.717) is 19.6 Å². The predicted octanol–water partition coefficient (Wildman–Crippen LogP) is 2.31. The first kappa shape index (κ1) is 14.2. The first-order valence-electron chi connectivity index (χ1n) is 6.52. The number of likely N-dealkylation sites (tertiary alicyclic amines) is 1. The normalized spacial score (nSPS) is 19.3. The van der Waals surface area contributed by atoms with Crippen LogP contribution in [-0.2, 0) is 6.54 Å². The molecule has 1 heterocycles. The van der Waals surface area contributed by atoms with Crippen LogP contribution in [0.15, 0.2) is 18.2 Å². The van der Waals surface area contributed by atoms with E-state index in [0.717, 1.165) is 29.0 Å². The zero-order valence-electron chi connectivity index (χ0n) is 11.0. The molecule has 2 N–H and O–H groups in total. The Bertz CT molecular complexity index is 465. The fraction of sp³-hybridized carbons (Fsp3) is 0.500. The molecule has 1 aromatic rings. The number of hydrogen-bond acceptors (Lipinski definition) is 2. The van der Waals surface area contributed by atoms with Crippen LogP contribution in [0.5, 0.6) is 0 Å². The summed E-state index contributed by atoms with van der Waals surface area (Å²) in [5, 5.41) is 13.1. The van der Waals surface area contributed by atoms with Gasteiger partial charge in [-0.15, -0.1) is 0 Å². The van der Waals surface area contributed by atoms with Crippen molar-refractivity contribution in [3.05, 3.63) is 34.3 Å². The van der Waals surface area contributed by atoms with E-state index in [1.54, 1.807) is 4.90 Å². The largest absolute Gasteiger partial charge is 0.391 e. The molecule has 4 nitrogen and oxygen atoms in total. The zero-order chi connectivity index (χ0) is 13.8. The summed E-state index contributed by atoms with van der Waals surface area (Å²) >= 11 is 5.96. The number of nitrogens with one attached hydrogen (secondary N) is 1. The summed E-state index contributed by atoms with van der Waals surface area (Å²) in [7, 11) is 0. The number of nitrogens with zero attached hydrogens (tertiary/aromatic N) is 1. The fourth-order valence-corrected chi connectivity index (χ4v) is 2.36. The van der Waals surface area contributed by atoms with E-state index in [-0.39, 0.29) is 6.03 Å². The van der Waals surface area contributed by atoms with Gasteiger partial charge in [0.15, 0.2) is 0 Å². The van der Waals surface area contributed by atoms with Crippen LogP contribution in [0.3, 0.4) is 0 Å². The van der Waals surface area contributed by atoms with Crippen LogP contribution in [0.2, 0.25) is 5.02 Å². The highest BCUT2D eigenvalue weighted by molar-refractivity contribution is 6.31. The second kappa shape index (κ2) is 6.26. The number of rotatable bonds is 2. The van der Waals surface area contributed by atoms with Crippen molar-refractivity contribution in [3.8, 4) is 0 Å². The Morgan fingerprint density at radius 3 is 3.05 bits per heavy atom. The second-order valence-corrected chi connectivity index (χ2v) is 5.39. The number of hydrogen-bond donors (Lipinski definition) is 2. The van der Waals surface area contributed by atoms with Crippen molar-refractivity contribution in [3.63, 3.8) is 0 Å². The van der Waals surface area contributed by atoms with Crippen molar-refractivity contribution in [1.82, 2.24) is 10.2 Å². The Morgan fingerprint density at radius 1 is 1.58 bits per heavy atom. The summed E-state index contributed by atoms with van der Waals surface area (Å²) in [5.41, 5.74) is 2.02. The van der Waals surface area contributed by atoms with Crippen molar-refractivity contribution in [1.29, 1.82) is 0 Å². The van der Waals surface area contributed by atoms with E-state index in [9.17, 15) is 9.90 Å². The highest BCUT2D eigenvalue weighted by Crippen LogP contribution is 2.16. The van der Waals surface area contributed by atoms with Crippen molar-refractivity contribution in [2.75, 3.05) is 13.1 Å². The van der Waals surface area contributed by atoms with E-state index in [1.807, 2.05) is 25.1 Å². The van der Waals surface area contributed by atoms with Crippen LogP contribution in [-0.4, -0.2) is 35.2 Å². The smallest absolute Gasteiger partial charge is 0.317 e. The van der Waals surface area contributed by atoms with E-state index < -0.39 is 6.10 Å². The minimum atomic E-state index is -0.391. The van der Waals surface area contributed by atoms with Gasteiger partial charge < -0.3 is 15.3 Å². The van der Waals surface area contributed by atoms with Crippen LogP contribution < -0.4 is 5.32 Å². The Labute approximate surface area is 118 Å². The quantitative estimate of drug-likeness (QED) is 0.875. The van der Waals surface area contributed by atoms with Gasteiger partial charge in [-0.3, -0.25) is 0 Å². The second-order valence-electron chi connectivity index (χ2n) is 4.98. The molecule has 0 saturated carbocycles. The number of aliphatic hydroxyl groups excluding tert-OH is 1. The predicted molar refractivity (Wildman–Crippen MR) is 75.2 cm³/mol. The third kappa shape index (κ3) is 3.85. The Kier molecular flexibility index (Phi) is 4.66. The zero-order valence-corrected chi connectivity index (χ0v) is 11.8. The highest BCUT2D eigenvalue weighted by atomic mass is 35.5. The number of carbonyl (C=O) groups excluding carboxylic acids is 1. The molecule has 1 aliphatic rings. The maximum Gasteiger partial charge on any atom is 0.317 e. The molecule has 0 unspecified atom stereocenters. The molecular formula is C14H19ClN2O2. The summed E-state index contributed by atoms with van der Waals surface area (Å²) in [6.07, 6.45) is 1.24. The van der Waals surface area contributed by atoms with Crippen molar-refractivity contribution >= 4 is 17.6 Å². The van der Waals surface area contributed by atoms with Gasteiger partial charge in [0.05, 0.1) is 6.10 Å². The molecule has 5 heteroatoms. The van der Waals surface area contributed by atoms with Crippen LogP contribution >= 0.6 is 11.6 Å². The number of carbonyl (C=O) groups is 1. The first-order chi connectivity index (χ1) is 9.06. The summed E-state index contributed by atoms with van der Waals surface area (Å²) in [4.78, 5) is 13.6. The average Bonchev–Trinajstić information content (AvgIpc) is 2.40. The van der Waals surface area contributed by atoms with E-state index in [1.165, 1.54) is 0 Å². The van der Waals surface area contributed by atoms with Gasteiger partial charge >= 0.3 is 6.03 Å². The lowest BCUT2D eigenvalue weighted by Crippen LogP contribution is -2.46.